The summed E-state index contributed by atoms with van der Waals surface area (Å²) in [5.74, 6) is -1.91. The summed E-state index contributed by atoms with van der Waals surface area (Å²) in [5, 5.41) is -0.842. The Balaban J connectivity index is 1.87. The van der Waals surface area contributed by atoms with Gasteiger partial charge in [0.1, 0.15) is 17.3 Å². The van der Waals surface area contributed by atoms with Gasteiger partial charge in [-0.2, -0.15) is 4.98 Å². The summed E-state index contributed by atoms with van der Waals surface area (Å²) in [6, 6.07) is 9.20. The number of piperazine rings is 1. The van der Waals surface area contributed by atoms with Crippen molar-refractivity contribution < 1.29 is 22.0 Å². The number of hydrogen-bond donors (Lipinski definition) is 0. The van der Waals surface area contributed by atoms with Crippen LogP contribution in [0.5, 0.6) is 0 Å². The summed E-state index contributed by atoms with van der Waals surface area (Å²) < 4.78 is 59.0. The molecule has 0 saturated carbocycles. The first kappa shape index (κ1) is 31.3. The molecule has 1 aliphatic heterocycles. The lowest BCUT2D eigenvalue weighted by molar-refractivity contribution is -0.126. The summed E-state index contributed by atoms with van der Waals surface area (Å²) in [4.78, 5) is 38.3. The number of halogens is 3. The first-order valence-electron chi connectivity index (χ1n) is 13.9. The number of anilines is 1. The molecule has 44 heavy (non-hydrogen) atoms. The molecule has 13 heteroatoms. The third-order valence-electron chi connectivity index (χ3n) is 7.74. The van der Waals surface area contributed by atoms with E-state index in [1.165, 1.54) is 38.1 Å². The Morgan fingerprint density at radius 3 is 2.45 bits per heavy atom. The molecule has 2 aromatic carbocycles. The number of aryl methyl sites for hydroxylation is 1. The predicted octanol–water partition coefficient (Wildman–Crippen LogP) is 5.09. The molecule has 1 saturated heterocycles. The van der Waals surface area contributed by atoms with E-state index >= 15 is 8.78 Å². The fraction of sp³-hybridized carbons (Fsp3) is 0.290. The minimum atomic E-state index is -3.93. The van der Waals surface area contributed by atoms with Gasteiger partial charge >= 0.3 is 5.69 Å². The van der Waals surface area contributed by atoms with Crippen LogP contribution in [-0.2, 0) is 14.6 Å². The van der Waals surface area contributed by atoms with Gasteiger partial charge in [0, 0.05) is 25.7 Å². The maximum Gasteiger partial charge on any atom is 0.355 e. The number of amides is 1. The third kappa shape index (κ3) is 5.26. The highest BCUT2D eigenvalue weighted by Gasteiger charge is 2.32. The Labute approximate surface area is 258 Å². The summed E-state index contributed by atoms with van der Waals surface area (Å²) in [6.07, 6.45) is 1.22. The van der Waals surface area contributed by atoms with Gasteiger partial charge in [-0.15, -0.1) is 0 Å². The van der Waals surface area contributed by atoms with Crippen molar-refractivity contribution in [3.63, 3.8) is 0 Å². The van der Waals surface area contributed by atoms with Crippen LogP contribution in [0.2, 0.25) is 5.02 Å². The van der Waals surface area contributed by atoms with Crippen LogP contribution >= 0.6 is 11.6 Å². The van der Waals surface area contributed by atoms with Crippen LogP contribution in [0.1, 0.15) is 26.3 Å². The Morgan fingerprint density at radius 1 is 1.11 bits per heavy atom. The zero-order valence-corrected chi connectivity index (χ0v) is 26.1. The average Bonchev–Trinajstić information content (AvgIpc) is 2.97. The minimum Gasteiger partial charge on any atom is -0.350 e. The maximum absolute atomic E-state index is 15.9. The Morgan fingerprint density at radius 2 is 1.82 bits per heavy atom. The molecule has 1 fully saturated rings. The van der Waals surface area contributed by atoms with Crippen LogP contribution in [0, 0.1) is 18.6 Å². The van der Waals surface area contributed by atoms with Gasteiger partial charge in [0.2, 0.25) is 5.91 Å². The zero-order chi connectivity index (χ0) is 32.1. The number of rotatable bonds is 6. The molecule has 230 valence electrons. The quantitative estimate of drug-likeness (QED) is 0.270. The van der Waals surface area contributed by atoms with Gasteiger partial charge in [-0.3, -0.25) is 4.79 Å². The summed E-state index contributed by atoms with van der Waals surface area (Å²) in [7, 11) is -3.93. The van der Waals surface area contributed by atoms with Gasteiger partial charge in [-0.1, -0.05) is 36.4 Å². The summed E-state index contributed by atoms with van der Waals surface area (Å²) in [5.41, 5.74) is -1.34. The van der Waals surface area contributed by atoms with Crippen LogP contribution in [0.25, 0.3) is 28.0 Å². The highest BCUT2D eigenvalue weighted by atomic mass is 35.5. The number of para-hydroxylation sites is 1. The molecule has 0 N–H and O–H groups in total. The van der Waals surface area contributed by atoms with Crippen LogP contribution in [0.3, 0.4) is 0 Å². The molecule has 0 bridgehead atoms. The second-order valence-electron chi connectivity index (χ2n) is 10.9. The highest BCUT2D eigenvalue weighted by Crippen LogP contribution is 2.36. The van der Waals surface area contributed by atoms with E-state index in [0.717, 1.165) is 16.7 Å². The Bertz CT molecular complexity index is 1980. The molecule has 9 nitrogen and oxygen atoms in total. The maximum atomic E-state index is 15.9. The van der Waals surface area contributed by atoms with Crippen LogP contribution < -0.4 is 10.6 Å². The van der Waals surface area contributed by atoms with Crippen molar-refractivity contribution in [2.24, 2.45) is 0 Å². The topological polar surface area (TPSA) is 105 Å². The largest absolute Gasteiger partial charge is 0.355 e. The van der Waals surface area contributed by atoms with Gasteiger partial charge in [-0.05, 0) is 63.6 Å². The van der Waals surface area contributed by atoms with E-state index in [-0.39, 0.29) is 69.6 Å². The Hall–Kier alpha value is -4.16. The first-order valence-corrected chi connectivity index (χ1v) is 15.8. The highest BCUT2D eigenvalue weighted by molar-refractivity contribution is 7.92. The van der Waals surface area contributed by atoms with Gasteiger partial charge in [0.15, 0.2) is 21.3 Å². The third-order valence-corrected chi connectivity index (χ3v) is 10.2. The lowest BCUT2D eigenvalue weighted by Gasteiger charge is -2.40. The second-order valence-corrected chi connectivity index (χ2v) is 13.8. The second kappa shape index (κ2) is 11.7. The van der Waals surface area contributed by atoms with E-state index in [9.17, 15) is 18.0 Å². The van der Waals surface area contributed by atoms with E-state index in [2.05, 4.69) is 16.5 Å². The van der Waals surface area contributed by atoms with Crippen molar-refractivity contribution in [3.8, 4) is 16.9 Å². The van der Waals surface area contributed by atoms with Crippen molar-refractivity contribution in [1.82, 2.24) is 19.4 Å². The fourth-order valence-electron chi connectivity index (χ4n) is 5.43. The number of fused-ring (bicyclic) bond motifs is 1. The number of hydrogen-bond acceptors (Lipinski definition) is 7. The molecular formula is C31H30ClF2N5O4S. The van der Waals surface area contributed by atoms with Crippen molar-refractivity contribution >= 4 is 44.2 Å². The molecule has 0 spiro atoms. The molecule has 1 atom stereocenters. The van der Waals surface area contributed by atoms with Gasteiger partial charge in [0.25, 0.3) is 0 Å². The van der Waals surface area contributed by atoms with Gasteiger partial charge in [-0.25, -0.2) is 31.5 Å². The molecular weight excluding hydrogens is 612 g/mol. The number of benzene rings is 2. The van der Waals surface area contributed by atoms with Crippen molar-refractivity contribution in [1.29, 1.82) is 0 Å². The standard InChI is InChI=1S/C31H30ClF2N5O4S/c1-6-25(40)37-13-14-38(19(5)16-37)29-20-15-23(34)27(26-21(32)10-8-11-22(26)33)35-30(20)39(31(41)36-29)28-18(4)9-7-12-24(28)44(42,43)17(2)3/h6-12,15,17,19H,1,13-14,16H2,2-5H3/t19-/m0/s1. The summed E-state index contributed by atoms with van der Waals surface area (Å²) >= 11 is 6.29. The van der Waals surface area contributed by atoms with Gasteiger partial charge < -0.3 is 9.80 Å². The SMILES string of the molecule is C=CC(=O)N1CCN(c2nc(=O)n(-c3c(C)cccc3S(=O)(=O)C(C)C)c3nc(-c4c(F)cccc4Cl)c(F)cc23)[C@@H](C)C1. The van der Waals surface area contributed by atoms with Crippen molar-refractivity contribution in [2.75, 3.05) is 24.5 Å². The number of carbonyl (C=O) groups excluding carboxylic acids is 1. The molecule has 0 aliphatic carbocycles. The van der Waals surface area contributed by atoms with Crippen molar-refractivity contribution in [2.45, 2.75) is 43.9 Å². The van der Waals surface area contributed by atoms with E-state index < -0.39 is 38.1 Å². The molecule has 1 amide bonds. The zero-order valence-electron chi connectivity index (χ0n) is 24.5. The number of carbonyl (C=O) groups is 1. The van der Waals surface area contributed by atoms with Gasteiger partial charge in [0.05, 0.1) is 31.8 Å². The molecule has 0 unspecified atom stereocenters. The van der Waals surface area contributed by atoms with Crippen LogP contribution in [-0.4, -0.2) is 64.7 Å². The summed E-state index contributed by atoms with van der Waals surface area (Å²) in [6.45, 7) is 10.9. The molecule has 1 aliphatic rings. The number of sulfone groups is 1. The number of pyridine rings is 1. The molecule has 3 heterocycles. The van der Waals surface area contributed by atoms with E-state index in [4.69, 9.17) is 11.6 Å². The predicted molar refractivity (Wildman–Crippen MR) is 166 cm³/mol. The minimum absolute atomic E-state index is 0.00869. The van der Waals surface area contributed by atoms with Crippen molar-refractivity contribution in [3.05, 3.63) is 87.8 Å². The molecule has 5 rings (SSSR count). The lowest BCUT2D eigenvalue weighted by atomic mass is 10.1. The normalized spacial score (nSPS) is 15.7. The molecule has 0 radical (unpaired) electrons. The molecule has 4 aromatic rings. The van der Waals surface area contributed by atoms with E-state index in [1.54, 1.807) is 28.9 Å². The van der Waals surface area contributed by atoms with E-state index in [1.807, 2.05) is 6.92 Å². The van der Waals surface area contributed by atoms with Crippen LogP contribution in [0.4, 0.5) is 14.6 Å². The Kier molecular flexibility index (Phi) is 8.34. The average molecular weight is 642 g/mol. The van der Waals surface area contributed by atoms with E-state index in [0.29, 0.717) is 5.56 Å². The monoisotopic (exact) mass is 641 g/mol. The smallest absolute Gasteiger partial charge is 0.350 e. The number of aromatic nitrogens is 3. The fourth-order valence-corrected chi connectivity index (χ4v) is 6.98. The first-order chi connectivity index (χ1) is 20.8. The van der Waals surface area contributed by atoms with Crippen LogP contribution in [0.15, 0.2) is 64.8 Å². The molecule has 2 aromatic heterocycles. The lowest BCUT2D eigenvalue weighted by Crippen LogP contribution is -2.54. The number of nitrogens with zero attached hydrogens (tertiary/aromatic N) is 5.